The zero-order chi connectivity index (χ0) is 23.1. The van der Waals surface area contributed by atoms with Crippen molar-refractivity contribution in [1.82, 2.24) is 0 Å². The van der Waals surface area contributed by atoms with Crippen molar-refractivity contribution in [3.05, 3.63) is 0 Å². The van der Waals surface area contributed by atoms with Crippen LogP contribution in [0.25, 0.3) is 0 Å². The maximum Gasteiger partial charge on any atom is 0 e. The summed E-state index contributed by atoms with van der Waals surface area (Å²) in [5.74, 6) is 0. The van der Waals surface area contributed by atoms with Crippen molar-refractivity contribution in [1.29, 1.82) is 0 Å². The summed E-state index contributed by atoms with van der Waals surface area (Å²) in [6.07, 6.45) is 0. The normalized spacial score (nSPS) is 12.6. The molecule has 0 rings (SSSR count). The topological polar surface area (TPSA) is 0 Å². The van der Waals surface area contributed by atoms with E-state index in [-0.39, 0.29) is 117 Å². The Kier molecular flexibility index (Phi) is 28.9. The van der Waals surface area contributed by atoms with Gasteiger partial charge in [0.1, 0.15) is 0 Å². The van der Waals surface area contributed by atoms with E-state index in [1.165, 1.54) is 0 Å². The second-order valence-corrected chi connectivity index (χ2v) is 41.7. The molecule has 6 heteroatoms. The Morgan fingerprint density at radius 1 is 0.233 bits per heavy atom. The summed E-state index contributed by atoms with van der Waals surface area (Å²) in [6.45, 7) is 42.6. The second-order valence-electron chi connectivity index (χ2n) is 13.9. The predicted molar refractivity (Wildman–Crippen MR) is 153 cm³/mol. The van der Waals surface area contributed by atoms with E-state index in [0.717, 1.165) is 0 Å². The Balaban J connectivity index is -0.0000000686. The zero-order valence-corrected chi connectivity index (χ0v) is 38.0. The third kappa shape index (κ3) is 63.6. The van der Waals surface area contributed by atoms with Crippen LogP contribution in [-0.2, 0) is 0 Å². The van der Waals surface area contributed by atoms with Crippen LogP contribution >= 0.6 is 0 Å². The van der Waals surface area contributed by atoms with E-state index >= 15 is 0 Å². The Morgan fingerprint density at radius 3 is 0.300 bits per heavy atom. The van der Waals surface area contributed by atoms with Crippen molar-refractivity contribution in [2.45, 2.75) is 145 Å². The van der Waals surface area contributed by atoms with Crippen molar-refractivity contribution in [2.75, 3.05) is 0 Å². The smallest absolute Gasteiger partial charge is 0 e. The standard InChI is InChI=1S/6C4H9.3As.3Sn/c6*1-4(2)3;;;;;;/h6*1-3H3;;;;;;. The van der Waals surface area contributed by atoms with Crippen LogP contribution in [0.1, 0.15) is 125 Å². The monoisotopic (exact) mass is 927 g/mol. The van der Waals surface area contributed by atoms with Gasteiger partial charge in [0.15, 0.2) is 0 Å². The molecule has 0 N–H and O–H groups in total. The van der Waals surface area contributed by atoms with Crippen molar-refractivity contribution in [2.24, 2.45) is 0 Å². The average Bonchev–Trinajstić information content (AvgIpc) is 1.96. The summed E-state index contributed by atoms with van der Waals surface area (Å²) in [4.78, 5) is 0. The predicted octanol–water partition coefficient (Wildman–Crippen LogP) is 8.24. The van der Waals surface area contributed by atoms with E-state index in [9.17, 15) is 0 Å². The molecule has 0 unspecified atom stereocenters. The molecule has 0 aliphatic rings. The van der Waals surface area contributed by atoms with E-state index in [1.54, 1.807) is 0 Å². The molecule has 0 aliphatic carbocycles. The van der Waals surface area contributed by atoms with Gasteiger partial charge in [-0.25, -0.2) is 0 Å². The van der Waals surface area contributed by atoms with Gasteiger partial charge in [-0.3, -0.25) is 0 Å². The molecule has 0 saturated carbocycles. The van der Waals surface area contributed by atoms with E-state index in [1.807, 2.05) is 0 Å². The number of hydrogen-bond acceptors (Lipinski definition) is 0. The SMILES string of the molecule is C[C](C)(C)[Sn][C](C)(C)C.C[C](C)(C)[Sn][C](C)(C)C.C[C](C)(C)[Sn][C](C)(C)C.[As].[As].[As]. The maximum absolute atomic E-state index is 2.37. The van der Waals surface area contributed by atoms with Crippen LogP contribution in [0.15, 0.2) is 0 Å². The van der Waals surface area contributed by atoms with Crippen LogP contribution in [0.5, 0.6) is 0 Å². The van der Waals surface area contributed by atoms with Crippen LogP contribution in [0, 0.1) is 0 Å². The summed E-state index contributed by atoms with van der Waals surface area (Å²) in [5, 5.41) is 0. The van der Waals surface area contributed by atoms with Gasteiger partial charge < -0.3 is 0 Å². The first-order valence-electron chi connectivity index (χ1n) is 10.5. The van der Waals surface area contributed by atoms with Crippen molar-refractivity contribution >= 4 is 117 Å². The summed E-state index contributed by atoms with van der Waals surface area (Å²) in [5.41, 5.74) is 0. The Bertz CT molecular complexity index is 285. The van der Waals surface area contributed by atoms with Crippen LogP contribution < -0.4 is 0 Å². The quantitative estimate of drug-likeness (QED) is 0.215. The zero-order valence-electron chi connectivity index (χ0n) is 23.8. The largest absolute Gasteiger partial charge is 0 e. The molecule has 177 valence electrons. The van der Waals surface area contributed by atoms with Crippen molar-refractivity contribution in [3.63, 3.8) is 0 Å². The molecule has 0 heterocycles. The van der Waals surface area contributed by atoms with E-state index < -0.39 is 0 Å². The summed E-state index contributed by atoms with van der Waals surface area (Å²) in [7, 11) is 0. The molecule has 0 saturated heterocycles. The maximum atomic E-state index is 2.37. The van der Waals surface area contributed by atoms with Gasteiger partial charge in [-0.1, -0.05) is 0 Å². The van der Waals surface area contributed by atoms with Crippen molar-refractivity contribution in [3.8, 4) is 0 Å². The van der Waals surface area contributed by atoms with Crippen LogP contribution in [0.4, 0.5) is 0 Å². The van der Waals surface area contributed by atoms with Gasteiger partial charge in [-0.15, -0.1) is 0 Å². The summed E-state index contributed by atoms with van der Waals surface area (Å²) < 4.78 is 3.93. The van der Waals surface area contributed by atoms with E-state index in [0.29, 0.717) is 20.6 Å². The minimum atomic E-state index is -0.182. The molecule has 0 aromatic carbocycles. The second kappa shape index (κ2) is 18.3. The molecule has 0 aliphatic heterocycles. The number of rotatable bonds is 0. The fourth-order valence-electron chi connectivity index (χ4n) is 3.38. The fourth-order valence-corrected chi connectivity index (χ4v) is 22.6. The van der Waals surface area contributed by atoms with Crippen LogP contribution in [0.2, 0.25) is 20.6 Å². The summed E-state index contributed by atoms with van der Waals surface area (Å²) >= 11 is -0.545. The van der Waals surface area contributed by atoms with Gasteiger partial charge in [0.2, 0.25) is 0 Å². The molecule has 15 radical (unpaired) electrons. The molecule has 0 aromatic rings. The van der Waals surface area contributed by atoms with E-state index in [4.69, 9.17) is 0 Å². The van der Waals surface area contributed by atoms with Gasteiger partial charge in [-0.05, 0) is 0 Å². The molecule has 0 spiro atoms. The first-order valence-corrected chi connectivity index (χ1v) is 19.1. The molecule has 0 nitrogen and oxygen atoms in total. The first kappa shape index (κ1) is 47.3. The first-order chi connectivity index (χ1) is 11.1. The van der Waals surface area contributed by atoms with Gasteiger partial charge in [0.25, 0.3) is 0 Å². The van der Waals surface area contributed by atoms with Gasteiger partial charge in [0, 0.05) is 53.9 Å². The molecule has 0 amide bonds. The van der Waals surface area contributed by atoms with Gasteiger partial charge >= 0.3 is 209 Å². The third-order valence-corrected chi connectivity index (χ3v) is 15.1. The van der Waals surface area contributed by atoms with Crippen LogP contribution in [-0.4, -0.2) is 117 Å². The molecular formula is C24H54As3Sn3. The van der Waals surface area contributed by atoms with E-state index in [2.05, 4.69) is 125 Å². The molecule has 30 heavy (non-hydrogen) atoms. The van der Waals surface area contributed by atoms with Gasteiger partial charge in [-0.2, -0.15) is 0 Å². The van der Waals surface area contributed by atoms with Crippen LogP contribution in [0.3, 0.4) is 0 Å². The van der Waals surface area contributed by atoms with Crippen molar-refractivity contribution < 1.29 is 0 Å². The average molecular weight is 924 g/mol. The molecule has 0 atom stereocenters. The molecule has 0 bridgehead atoms. The minimum Gasteiger partial charge on any atom is 0 e. The molecule has 0 fully saturated rings. The minimum absolute atomic E-state index is 0. The Labute approximate surface area is 258 Å². The fraction of sp³-hybridized carbons (Fsp3) is 1.00. The Morgan fingerprint density at radius 2 is 0.300 bits per heavy atom. The Hall–Kier alpha value is 4.07. The molecule has 0 aromatic heterocycles. The van der Waals surface area contributed by atoms with Gasteiger partial charge in [0.05, 0.1) is 0 Å². The third-order valence-electron chi connectivity index (χ3n) is 2.25. The molecular weight excluding hydrogens is 869 g/mol. The number of hydrogen-bond donors (Lipinski definition) is 0. The summed E-state index contributed by atoms with van der Waals surface area (Å²) in [6, 6.07) is 0.